The minimum Gasteiger partial charge on any atom is -0.211 e. The van der Waals surface area contributed by atoms with Gasteiger partial charge in [-0.2, -0.15) is 0 Å². The van der Waals surface area contributed by atoms with Crippen molar-refractivity contribution < 1.29 is 4.79 Å². The van der Waals surface area contributed by atoms with Crippen LogP contribution in [-0.2, 0) is 4.79 Å². The van der Waals surface area contributed by atoms with Crippen molar-refractivity contribution in [3.8, 4) is 0 Å². The fourth-order valence-corrected chi connectivity index (χ4v) is 2.91. The van der Waals surface area contributed by atoms with Gasteiger partial charge in [0.1, 0.15) is 0 Å². The highest BCUT2D eigenvalue weighted by molar-refractivity contribution is 5.34. The smallest absolute Gasteiger partial charge is 0.211 e. The number of fused-ring (bicyclic) bond motifs is 2. The van der Waals surface area contributed by atoms with Gasteiger partial charge in [0, 0.05) is 0 Å². The second-order valence-electron chi connectivity index (χ2n) is 4.09. The summed E-state index contributed by atoms with van der Waals surface area (Å²) >= 11 is 0. The zero-order valence-corrected chi connectivity index (χ0v) is 7.33. The highest BCUT2D eigenvalue weighted by atomic mass is 16.1. The highest BCUT2D eigenvalue weighted by Crippen LogP contribution is 2.41. The molecule has 0 aliphatic heterocycles. The minimum atomic E-state index is 0.338. The van der Waals surface area contributed by atoms with Crippen molar-refractivity contribution in [2.45, 2.75) is 44.6 Å². The van der Waals surface area contributed by atoms with Gasteiger partial charge in [0.05, 0.1) is 6.04 Å². The Bertz CT molecular complexity index is 186. The van der Waals surface area contributed by atoms with Crippen LogP contribution in [0.2, 0.25) is 0 Å². The summed E-state index contributed by atoms with van der Waals surface area (Å²) in [6.07, 6.45) is 9.57. The average molecular weight is 165 g/mol. The second-order valence-corrected chi connectivity index (χ2v) is 4.09. The maximum absolute atomic E-state index is 10.2. The van der Waals surface area contributed by atoms with Gasteiger partial charge in [0.25, 0.3) is 0 Å². The lowest BCUT2D eigenvalue weighted by Crippen LogP contribution is -2.35. The molecule has 0 amide bonds. The molecule has 0 atom stereocenters. The molecular formula is C10H15NO. The van der Waals surface area contributed by atoms with Crippen LogP contribution in [0.1, 0.15) is 38.5 Å². The first kappa shape index (κ1) is 8.00. The van der Waals surface area contributed by atoms with Gasteiger partial charge < -0.3 is 0 Å². The van der Waals surface area contributed by atoms with Gasteiger partial charge in [-0.3, -0.25) is 0 Å². The van der Waals surface area contributed by atoms with E-state index in [1.54, 1.807) is 6.08 Å². The number of hydrogen-bond acceptors (Lipinski definition) is 2. The normalized spacial score (nSPS) is 40.2. The predicted molar refractivity (Wildman–Crippen MR) is 46.6 cm³/mol. The van der Waals surface area contributed by atoms with Crippen molar-refractivity contribution in [3.05, 3.63) is 0 Å². The number of isocyanates is 1. The van der Waals surface area contributed by atoms with Gasteiger partial charge >= 0.3 is 0 Å². The summed E-state index contributed by atoms with van der Waals surface area (Å²) in [5.74, 6) is 1.41. The largest absolute Gasteiger partial charge is 0.235 e. The van der Waals surface area contributed by atoms with E-state index in [1.807, 2.05) is 0 Å². The number of hydrogen-bond donors (Lipinski definition) is 0. The van der Waals surface area contributed by atoms with Gasteiger partial charge in [0.15, 0.2) is 0 Å². The van der Waals surface area contributed by atoms with E-state index in [4.69, 9.17) is 0 Å². The number of carbonyl (C=O) groups excluding carboxylic acids is 1. The molecule has 2 saturated carbocycles. The molecule has 2 heteroatoms. The Morgan fingerprint density at radius 2 is 1.50 bits per heavy atom. The van der Waals surface area contributed by atoms with E-state index in [9.17, 15) is 4.79 Å². The molecule has 0 unspecified atom stereocenters. The molecule has 0 radical (unpaired) electrons. The lowest BCUT2D eigenvalue weighted by Gasteiger charge is -2.39. The Morgan fingerprint density at radius 3 is 1.92 bits per heavy atom. The molecule has 2 fully saturated rings. The molecule has 2 nitrogen and oxygen atoms in total. The Balaban J connectivity index is 2.13. The SMILES string of the molecule is O=C=NC1C2CCCC1CCC2. The van der Waals surface area contributed by atoms with Crippen molar-refractivity contribution in [2.24, 2.45) is 16.8 Å². The molecule has 0 N–H and O–H groups in total. The van der Waals surface area contributed by atoms with Crippen molar-refractivity contribution in [1.82, 2.24) is 0 Å². The van der Waals surface area contributed by atoms with Gasteiger partial charge in [-0.1, -0.05) is 12.8 Å². The summed E-state index contributed by atoms with van der Waals surface area (Å²) < 4.78 is 0. The van der Waals surface area contributed by atoms with E-state index < -0.39 is 0 Å². The Labute approximate surface area is 73.1 Å². The average Bonchev–Trinajstić information content (AvgIpc) is 2.04. The van der Waals surface area contributed by atoms with Crippen LogP contribution in [0.3, 0.4) is 0 Å². The van der Waals surface area contributed by atoms with Gasteiger partial charge in [0.2, 0.25) is 6.08 Å². The zero-order valence-electron chi connectivity index (χ0n) is 7.33. The van der Waals surface area contributed by atoms with Crippen LogP contribution in [-0.4, -0.2) is 12.1 Å². The van der Waals surface area contributed by atoms with Crippen LogP contribution in [0.4, 0.5) is 0 Å². The van der Waals surface area contributed by atoms with Crippen LogP contribution in [0, 0.1) is 11.8 Å². The van der Waals surface area contributed by atoms with E-state index in [0.717, 1.165) is 0 Å². The zero-order chi connectivity index (χ0) is 8.39. The molecule has 0 heterocycles. The van der Waals surface area contributed by atoms with Crippen molar-refractivity contribution >= 4 is 6.08 Å². The summed E-state index contributed by atoms with van der Waals surface area (Å²) in [5, 5.41) is 0. The maximum atomic E-state index is 10.2. The number of aliphatic imine (C=N–C) groups is 1. The number of nitrogens with zero attached hydrogens (tertiary/aromatic N) is 1. The first-order valence-electron chi connectivity index (χ1n) is 4.99. The van der Waals surface area contributed by atoms with Crippen LogP contribution < -0.4 is 0 Å². The van der Waals surface area contributed by atoms with Crippen LogP contribution in [0.25, 0.3) is 0 Å². The summed E-state index contributed by atoms with van der Waals surface area (Å²) in [6.45, 7) is 0. The van der Waals surface area contributed by atoms with Crippen molar-refractivity contribution in [3.63, 3.8) is 0 Å². The maximum Gasteiger partial charge on any atom is 0.235 e. The summed E-state index contributed by atoms with van der Waals surface area (Å²) in [5.41, 5.74) is 0. The highest BCUT2D eigenvalue weighted by Gasteiger charge is 2.35. The molecule has 2 bridgehead atoms. The fraction of sp³-hybridized carbons (Fsp3) is 0.900. The topological polar surface area (TPSA) is 29.4 Å². The van der Waals surface area contributed by atoms with Crippen LogP contribution >= 0.6 is 0 Å². The molecule has 2 rings (SSSR count). The molecule has 0 saturated heterocycles. The van der Waals surface area contributed by atoms with Gasteiger partial charge in [-0.05, 0) is 37.5 Å². The third-order valence-corrected chi connectivity index (χ3v) is 3.47. The van der Waals surface area contributed by atoms with Crippen LogP contribution in [0.5, 0.6) is 0 Å². The molecule has 2 aliphatic rings. The minimum absolute atomic E-state index is 0.338. The standard InChI is InChI=1S/C10H15NO/c12-7-11-10-8-3-1-4-9(10)6-2-5-8/h8-10H,1-6H2. The first-order valence-corrected chi connectivity index (χ1v) is 4.99. The molecule has 0 aromatic heterocycles. The third kappa shape index (κ3) is 1.32. The molecule has 2 aliphatic carbocycles. The summed E-state index contributed by atoms with van der Waals surface area (Å²) in [4.78, 5) is 14.2. The lowest BCUT2D eigenvalue weighted by atomic mass is 9.69. The monoisotopic (exact) mass is 165 g/mol. The Kier molecular flexibility index (Phi) is 2.27. The predicted octanol–water partition coefficient (Wildman–Crippen LogP) is 2.29. The molecular weight excluding hydrogens is 150 g/mol. The van der Waals surface area contributed by atoms with E-state index in [-0.39, 0.29) is 0 Å². The first-order chi connectivity index (χ1) is 5.92. The van der Waals surface area contributed by atoms with Crippen LogP contribution in [0.15, 0.2) is 4.99 Å². The quantitative estimate of drug-likeness (QED) is 0.433. The second kappa shape index (κ2) is 3.40. The summed E-state index contributed by atoms with van der Waals surface area (Å²) in [7, 11) is 0. The Morgan fingerprint density at radius 1 is 1.00 bits per heavy atom. The van der Waals surface area contributed by atoms with E-state index in [0.29, 0.717) is 17.9 Å². The van der Waals surface area contributed by atoms with E-state index >= 15 is 0 Å². The lowest BCUT2D eigenvalue weighted by molar-refractivity contribution is 0.154. The molecule has 66 valence electrons. The molecule has 0 aromatic carbocycles. The fourth-order valence-electron chi connectivity index (χ4n) is 2.91. The van der Waals surface area contributed by atoms with E-state index in [1.165, 1.54) is 38.5 Å². The molecule has 0 aromatic rings. The third-order valence-electron chi connectivity index (χ3n) is 3.47. The van der Waals surface area contributed by atoms with E-state index in [2.05, 4.69) is 4.99 Å². The van der Waals surface area contributed by atoms with Crippen molar-refractivity contribution in [1.29, 1.82) is 0 Å². The van der Waals surface area contributed by atoms with Gasteiger partial charge in [-0.25, -0.2) is 9.79 Å². The molecule has 0 spiro atoms. The summed E-state index contributed by atoms with van der Waals surface area (Å²) in [6, 6.07) is 0.338. The Hall–Kier alpha value is -0.620. The van der Waals surface area contributed by atoms with Crippen molar-refractivity contribution in [2.75, 3.05) is 0 Å². The van der Waals surface area contributed by atoms with Gasteiger partial charge in [-0.15, -0.1) is 0 Å². The number of rotatable bonds is 1. The molecule has 12 heavy (non-hydrogen) atoms.